The fraction of sp³-hybridized carbons (Fsp3) is 0.833. The standard InChI is InChI=1S/C18H32N2O5/c1-2-3-4-5-9-18(21)24-15-7-12-19-13-10-17(11-14-19)8-6-16-25-20(22)23/h2-3,17H,4-16H2,1H3/b3-2-. The van der Waals surface area contributed by atoms with Crippen LogP contribution in [0.2, 0.25) is 0 Å². The molecule has 0 spiro atoms. The van der Waals surface area contributed by atoms with Crippen molar-refractivity contribution in [2.45, 2.75) is 58.3 Å². The van der Waals surface area contributed by atoms with Gasteiger partial charge in [-0.05, 0) is 70.9 Å². The summed E-state index contributed by atoms with van der Waals surface area (Å²) in [5.41, 5.74) is 0. The van der Waals surface area contributed by atoms with Gasteiger partial charge in [0.05, 0.1) is 13.2 Å². The molecule has 0 unspecified atom stereocenters. The molecule has 0 saturated carbocycles. The van der Waals surface area contributed by atoms with Crippen molar-refractivity contribution in [3.8, 4) is 0 Å². The Morgan fingerprint density at radius 2 is 2.00 bits per heavy atom. The monoisotopic (exact) mass is 356 g/mol. The molecule has 7 heteroatoms. The smallest absolute Gasteiger partial charge is 0.305 e. The van der Waals surface area contributed by atoms with E-state index < -0.39 is 5.09 Å². The van der Waals surface area contributed by atoms with Crippen LogP contribution < -0.4 is 0 Å². The molecule has 144 valence electrons. The molecule has 1 fully saturated rings. The van der Waals surface area contributed by atoms with Gasteiger partial charge < -0.3 is 14.5 Å². The highest BCUT2D eigenvalue weighted by Crippen LogP contribution is 2.21. The minimum atomic E-state index is -0.725. The lowest BCUT2D eigenvalue weighted by molar-refractivity contribution is -0.757. The Bertz CT molecular complexity index is 406. The van der Waals surface area contributed by atoms with Gasteiger partial charge in [-0.1, -0.05) is 12.2 Å². The summed E-state index contributed by atoms with van der Waals surface area (Å²) in [6.07, 6.45) is 11.2. The maximum absolute atomic E-state index is 11.6. The molecule has 0 aromatic rings. The second kappa shape index (κ2) is 13.6. The number of likely N-dealkylation sites (tertiary alicyclic amines) is 1. The van der Waals surface area contributed by atoms with Crippen molar-refractivity contribution in [1.29, 1.82) is 0 Å². The summed E-state index contributed by atoms with van der Waals surface area (Å²) < 4.78 is 5.26. The van der Waals surface area contributed by atoms with Crippen molar-refractivity contribution >= 4 is 5.97 Å². The van der Waals surface area contributed by atoms with Gasteiger partial charge in [-0.25, -0.2) is 0 Å². The van der Waals surface area contributed by atoms with Crippen molar-refractivity contribution in [2.24, 2.45) is 5.92 Å². The first kappa shape index (κ1) is 21.4. The molecular weight excluding hydrogens is 324 g/mol. The molecule has 0 atom stereocenters. The summed E-state index contributed by atoms with van der Waals surface area (Å²) in [6, 6.07) is 0. The largest absolute Gasteiger partial charge is 0.466 e. The lowest BCUT2D eigenvalue weighted by atomic mass is 9.92. The Kier molecular flexibility index (Phi) is 11.7. The molecule has 1 aliphatic heterocycles. The van der Waals surface area contributed by atoms with Gasteiger partial charge in [-0.2, -0.15) is 0 Å². The fourth-order valence-electron chi connectivity index (χ4n) is 3.09. The average molecular weight is 356 g/mol. The average Bonchev–Trinajstić information content (AvgIpc) is 2.60. The first-order valence-corrected chi connectivity index (χ1v) is 9.38. The van der Waals surface area contributed by atoms with E-state index in [0.29, 0.717) is 18.9 Å². The number of hydrogen-bond acceptors (Lipinski definition) is 6. The van der Waals surface area contributed by atoms with Crippen LogP contribution in [0.15, 0.2) is 12.2 Å². The number of ether oxygens (including phenoxy) is 1. The molecule has 7 nitrogen and oxygen atoms in total. The maximum Gasteiger partial charge on any atom is 0.305 e. The van der Waals surface area contributed by atoms with Gasteiger partial charge in [0.15, 0.2) is 0 Å². The van der Waals surface area contributed by atoms with Crippen LogP contribution in [0.4, 0.5) is 0 Å². The number of piperidine rings is 1. The normalized spacial score (nSPS) is 16.2. The van der Waals surface area contributed by atoms with E-state index >= 15 is 0 Å². The third-order valence-electron chi connectivity index (χ3n) is 4.53. The Labute approximate surface area is 150 Å². The van der Waals surface area contributed by atoms with Crippen molar-refractivity contribution in [3.05, 3.63) is 22.3 Å². The third kappa shape index (κ3) is 11.5. The van der Waals surface area contributed by atoms with E-state index in [1.54, 1.807) is 0 Å². The highest BCUT2D eigenvalue weighted by atomic mass is 16.9. The topological polar surface area (TPSA) is 81.9 Å². The molecule has 0 bridgehead atoms. The summed E-state index contributed by atoms with van der Waals surface area (Å²) >= 11 is 0. The molecule has 0 aromatic heterocycles. The Morgan fingerprint density at radius 1 is 1.24 bits per heavy atom. The maximum atomic E-state index is 11.6. The minimum Gasteiger partial charge on any atom is -0.466 e. The van der Waals surface area contributed by atoms with E-state index in [9.17, 15) is 14.9 Å². The van der Waals surface area contributed by atoms with Crippen LogP contribution in [0, 0.1) is 16.0 Å². The summed E-state index contributed by atoms with van der Waals surface area (Å²) in [5, 5.41) is 9.36. The molecule has 1 aliphatic rings. The van der Waals surface area contributed by atoms with Crippen LogP contribution in [0.1, 0.15) is 58.3 Å². The lowest BCUT2D eigenvalue weighted by Crippen LogP contribution is -2.35. The third-order valence-corrected chi connectivity index (χ3v) is 4.53. The van der Waals surface area contributed by atoms with Gasteiger partial charge >= 0.3 is 5.97 Å². The number of carbonyl (C=O) groups excluding carboxylic acids is 1. The lowest BCUT2D eigenvalue weighted by Gasteiger charge is -2.31. The predicted molar refractivity (Wildman–Crippen MR) is 95.6 cm³/mol. The van der Waals surface area contributed by atoms with Crippen molar-refractivity contribution in [2.75, 3.05) is 32.8 Å². The molecule has 1 saturated heterocycles. The summed E-state index contributed by atoms with van der Waals surface area (Å²) in [4.78, 5) is 28.4. The zero-order valence-electron chi connectivity index (χ0n) is 15.4. The van der Waals surface area contributed by atoms with Gasteiger partial charge in [0, 0.05) is 13.0 Å². The highest BCUT2D eigenvalue weighted by molar-refractivity contribution is 5.69. The number of carbonyl (C=O) groups is 1. The van der Waals surface area contributed by atoms with Crippen LogP contribution in [-0.4, -0.2) is 48.8 Å². The van der Waals surface area contributed by atoms with E-state index in [0.717, 1.165) is 64.6 Å². The molecule has 0 aromatic carbocycles. The van der Waals surface area contributed by atoms with E-state index in [2.05, 4.69) is 15.8 Å². The Hall–Kier alpha value is -1.63. The van der Waals surface area contributed by atoms with E-state index in [1.165, 1.54) is 0 Å². The van der Waals surface area contributed by atoms with E-state index in [4.69, 9.17) is 4.74 Å². The van der Waals surface area contributed by atoms with Gasteiger partial charge in [0.1, 0.15) is 0 Å². The van der Waals surface area contributed by atoms with E-state index in [-0.39, 0.29) is 12.6 Å². The number of rotatable bonds is 13. The number of unbranched alkanes of at least 4 members (excludes halogenated alkanes) is 1. The first-order valence-electron chi connectivity index (χ1n) is 9.38. The molecule has 0 N–H and O–H groups in total. The SMILES string of the molecule is C/C=C\CCCC(=O)OCCCN1CCC(CCCO[N+](=O)[O-])CC1. The van der Waals surface area contributed by atoms with Crippen LogP contribution in [0.5, 0.6) is 0 Å². The Balaban J connectivity index is 1.96. The molecule has 25 heavy (non-hydrogen) atoms. The molecule has 1 heterocycles. The molecular formula is C18H32N2O5. The predicted octanol–water partition coefficient (Wildman–Crippen LogP) is 3.37. The Morgan fingerprint density at radius 3 is 2.68 bits per heavy atom. The summed E-state index contributed by atoms with van der Waals surface area (Å²) in [5.74, 6) is 0.543. The first-order chi connectivity index (χ1) is 12.1. The second-order valence-corrected chi connectivity index (χ2v) is 6.52. The van der Waals surface area contributed by atoms with Gasteiger partial charge in [-0.3, -0.25) is 4.79 Å². The summed E-state index contributed by atoms with van der Waals surface area (Å²) in [7, 11) is 0. The number of esters is 1. The fourth-order valence-corrected chi connectivity index (χ4v) is 3.09. The van der Waals surface area contributed by atoms with Crippen LogP contribution in [-0.2, 0) is 14.4 Å². The van der Waals surface area contributed by atoms with Crippen molar-refractivity contribution < 1.29 is 19.5 Å². The van der Waals surface area contributed by atoms with Gasteiger partial charge in [-0.15, -0.1) is 10.1 Å². The zero-order chi connectivity index (χ0) is 18.3. The van der Waals surface area contributed by atoms with Crippen LogP contribution >= 0.6 is 0 Å². The number of hydrogen-bond donors (Lipinski definition) is 0. The van der Waals surface area contributed by atoms with Crippen LogP contribution in [0.25, 0.3) is 0 Å². The van der Waals surface area contributed by atoms with Crippen molar-refractivity contribution in [1.82, 2.24) is 4.90 Å². The highest BCUT2D eigenvalue weighted by Gasteiger charge is 2.18. The zero-order valence-corrected chi connectivity index (χ0v) is 15.4. The molecule has 0 radical (unpaired) electrons. The van der Waals surface area contributed by atoms with Gasteiger partial charge in [0.2, 0.25) is 0 Å². The van der Waals surface area contributed by atoms with Crippen LogP contribution in [0.3, 0.4) is 0 Å². The van der Waals surface area contributed by atoms with Crippen molar-refractivity contribution in [3.63, 3.8) is 0 Å². The van der Waals surface area contributed by atoms with Gasteiger partial charge in [0.25, 0.3) is 5.09 Å². The number of allylic oxidation sites excluding steroid dienone is 2. The summed E-state index contributed by atoms with van der Waals surface area (Å²) in [6.45, 7) is 5.75. The second-order valence-electron chi connectivity index (χ2n) is 6.52. The quantitative estimate of drug-likeness (QED) is 0.165. The minimum absolute atomic E-state index is 0.0971. The molecule has 1 rings (SSSR count). The number of nitrogens with zero attached hydrogens (tertiary/aromatic N) is 2. The molecule has 0 aliphatic carbocycles. The molecule has 0 amide bonds. The van der Waals surface area contributed by atoms with E-state index in [1.807, 2.05) is 13.0 Å².